The fraction of sp³-hybridized carbons (Fsp3) is 0.190. The number of amides is 3. The lowest BCUT2D eigenvalue weighted by Crippen LogP contribution is -2.37. The lowest BCUT2D eigenvalue weighted by molar-refractivity contribution is 0.0936. The van der Waals surface area contributed by atoms with Gasteiger partial charge in [0.1, 0.15) is 24.2 Å². The van der Waals surface area contributed by atoms with Gasteiger partial charge in [-0.05, 0) is 72.8 Å². The molecule has 2 aromatic heterocycles. The predicted molar refractivity (Wildman–Crippen MR) is 215 cm³/mol. The summed E-state index contributed by atoms with van der Waals surface area (Å²) < 4.78 is 37.2. The maximum absolute atomic E-state index is 13.1. The third-order valence-electron chi connectivity index (χ3n) is 8.89. The van der Waals surface area contributed by atoms with Gasteiger partial charge in [0, 0.05) is 46.2 Å². The van der Waals surface area contributed by atoms with Crippen LogP contribution < -0.4 is 21.9 Å². The van der Waals surface area contributed by atoms with E-state index in [0.717, 1.165) is 0 Å². The van der Waals surface area contributed by atoms with E-state index in [1.807, 2.05) is 33.1 Å². The van der Waals surface area contributed by atoms with E-state index in [2.05, 4.69) is 25.4 Å². The Labute approximate surface area is 342 Å². The molecule has 0 spiro atoms. The summed E-state index contributed by atoms with van der Waals surface area (Å²) >= 11 is 12.2. The van der Waals surface area contributed by atoms with Crippen molar-refractivity contribution in [3.05, 3.63) is 159 Å². The summed E-state index contributed by atoms with van der Waals surface area (Å²) in [6.45, 7) is 15.2. The van der Waals surface area contributed by atoms with Gasteiger partial charge in [-0.3, -0.25) is 19.8 Å². The van der Waals surface area contributed by atoms with Gasteiger partial charge in [-0.1, -0.05) is 63.0 Å². The van der Waals surface area contributed by atoms with E-state index in [4.69, 9.17) is 44.5 Å². The fourth-order valence-electron chi connectivity index (χ4n) is 5.27. The highest BCUT2D eigenvalue weighted by Crippen LogP contribution is 2.29. The topological polar surface area (TPSA) is 170 Å². The van der Waals surface area contributed by atoms with Gasteiger partial charge in [0.15, 0.2) is 5.69 Å². The maximum Gasteiger partial charge on any atom is 0.265 e. The fourth-order valence-corrected chi connectivity index (χ4v) is 5.68. The summed E-state index contributed by atoms with van der Waals surface area (Å²) in [6.07, 6.45) is 3.03. The molecule has 0 aliphatic heterocycles. The smallest absolute Gasteiger partial charge is 0.265 e. The number of hydrogen-bond acceptors (Lipinski definition) is 8. The zero-order chi connectivity index (χ0) is 42.2. The standard InChI is InChI=1S/C21H20ClFN4O3.C21H17ClFN3O2/c1-21(2,17-10-30-20(26-17)12-3-6-14(23)7-4-12)11-25-19(29)15-9-13(18(28)27-24)5-8-16(15)22;1-21(2,12-25-19(27)16-10-15(24-3)8-9-17(16)22)18-11-28-20(26-18)13-4-6-14(23)7-5-13/h3-10H,11,24H2,1-2H3,(H,25,29)(H,27,28);4-11H,12H2,1-2H3,(H,25,27). The first-order valence-corrected chi connectivity index (χ1v) is 18.2. The molecule has 4 aromatic carbocycles. The van der Waals surface area contributed by atoms with E-state index in [1.54, 1.807) is 30.3 Å². The number of nitrogens with one attached hydrogen (secondary N) is 3. The van der Waals surface area contributed by atoms with Crippen LogP contribution in [0, 0.1) is 18.2 Å². The molecule has 298 valence electrons. The van der Waals surface area contributed by atoms with Gasteiger partial charge in [0.2, 0.25) is 11.8 Å². The molecule has 0 aliphatic carbocycles. The molecule has 0 aliphatic rings. The van der Waals surface area contributed by atoms with E-state index in [9.17, 15) is 23.2 Å². The number of rotatable bonds is 11. The Bertz CT molecular complexity index is 2480. The largest absolute Gasteiger partial charge is 0.444 e. The minimum atomic E-state index is -0.573. The molecule has 16 heteroatoms. The van der Waals surface area contributed by atoms with Gasteiger partial charge in [-0.2, -0.15) is 0 Å². The Morgan fingerprint density at radius 2 is 1.12 bits per heavy atom. The molecule has 0 radical (unpaired) electrons. The highest BCUT2D eigenvalue weighted by atomic mass is 35.5. The van der Waals surface area contributed by atoms with E-state index in [1.165, 1.54) is 67.1 Å². The van der Waals surface area contributed by atoms with E-state index >= 15 is 0 Å². The van der Waals surface area contributed by atoms with Crippen LogP contribution in [-0.4, -0.2) is 40.8 Å². The number of nitrogens with zero attached hydrogens (tertiary/aromatic N) is 3. The highest BCUT2D eigenvalue weighted by molar-refractivity contribution is 6.34. The second-order valence-corrected chi connectivity index (χ2v) is 15.0. The van der Waals surface area contributed by atoms with Crippen LogP contribution in [0.1, 0.15) is 70.2 Å². The molecular formula is C42H37Cl2F2N7O5. The van der Waals surface area contributed by atoms with Crippen LogP contribution in [-0.2, 0) is 10.8 Å². The predicted octanol–water partition coefficient (Wildman–Crippen LogP) is 8.84. The molecule has 0 fully saturated rings. The normalized spacial score (nSPS) is 11.2. The molecule has 0 bridgehead atoms. The number of carbonyl (C=O) groups is 3. The van der Waals surface area contributed by atoms with Gasteiger partial charge < -0.3 is 19.5 Å². The van der Waals surface area contributed by atoms with Crippen molar-refractivity contribution in [1.82, 2.24) is 26.0 Å². The zero-order valence-corrected chi connectivity index (χ0v) is 33.1. The summed E-state index contributed by atoms with van der Waals surface area (Å²) in [5.41, 5.74) is 4.44. The van der Waals surface area contributed by atoms with Gasteiger partial charge in [-0.15, -0.1) is 0 Å². The first-order chi connectivity index (χ1) is 27.5. The number of hydrazine groups is 1. The molecule has 0 saturated heterocycles. The Morgan fingerprint density at radius 3 is 1.55 bits per heavy atom. The van der Waals surface area contributed by atoms with Crippen molar-refractivity contribution >= 4 is 46.6 Å². The molecule has 6 rings (SSSR count). The third kappa shape index (κ3) is 10.5. The average molecular weight is 829 g/mol. The number of oxazole rings is 2. The molecule has 3 amide bonds. The number of nitrogens with two attached hydrogens (primary N) is 1. The van der Waals surface area contributed by atoms with Crippen molar-refractivity contribution < 1.29 is 32.0 Å². The van der Waals surface area contributed by atoms with E-state index in [-0.39, 0.29) is 57.4 Å². The van der Waals surface area contributed by atoms with Crippen LogP contribution in [0.15, 0.2) is 106 Å². The molecular weight excluding hydrogens is 791 g/mol. The minimum Gasteiger partial charge on any atom is -0.444 e. The Hall–Kier alpha value is -6.40. The van der Waals surface area contributed by atoms with Crippen molar-refractivity contribution in [2.45, 2.75) is 38.5 Å². The van der Waals surface area contributed by atoms with Crippen molar-refractivity contribution in [1.29, 1.82) is 0 Å². The Morgan fingerprint density at radius 1 is 0.690 bits per heavy atom. The first-order valence-electron chi connectivity index (χ1n) is 17.5. The molecule has 0 unspecified atom stereocenters. The van der Waals surface area contributed by atoms with E-state index in [0.29, 0.717) is 40.0 Å². The molecule has 5 N–H and O–H groups in total. The summed E-state index contributed by atoms with van der Waals surface area (Å²) in [5, 5.41) is 6.12. The van der Waals surface area contributed by atoms with Crippen LogP contribution in [0.5, 0.6) is 0 Å². The van der Waals surface area contributed by atoms with Gasteiger partial charge >= 0.3 is 0 Å². The van der Waals surface area contributed by atoms with Gasteiger partial charge in [0.05, 0.1) is 33.6 Å². The number of benzene rings is 4. The Balaban J connectivity index is 0.000000221. The van der Waals surface area contributed by atoms with Crippen LogP contribution in [0.4, 0.5) is 14.5 Å². The number of carbonyl (C=O) groups excluding carboxylic acids is 3. The summed E-state index contributed by atoms with van der Waals surface area (Å²) in [7, 11) is 0. The number of hydrogen-bond donors (Lipinski definition) is 4. The van der Waals surface area contributed by atoms with Crippen molar-refractivity contribution in [2.24, 2.45) is 5.84 Å². The second kappa shape index (κ2) is 18.2. The molecule has 6 aromatic rings. The molecule has 0 atom stereocenters. The SMILES string of the molecule is CC(C)(CNC(=O)c1cc(C(=O)NN)ccc1Cl)c1coc(-c2ccc(F)cc2)n1.[C-]#[N+]c1ccc(Cl)c(C(=O)NCC(C)(C)c2coc(-c3ccc(F)cc3)n2)c1. The minimum absolute atomic E-state index is 0.153. The van der Waals surface area contributed by atoms with Crippen LogP contribution in [0.25, 0.3) is 27.8 Å². The van der Waals surface area contributed by atoms with Crippen molar-refractivity contribution in [2.75, 3.05) is 13.1 Å². The zero-order valence-electron chi connectivity index (χ0n) is 31.6. The molecule has 12 nitrogen and oxygen atoms in total. The maximum atomic E-state index is 13.1. The van der Waals surface area contributed by atoms with E-state index < -0.39 is 22.6 Å². The van der Waals surface area contributed by atoms with Gasteiger partial charge in [-0.25, -0.2) is 29.4 Å². The molecule has 2 heterocycles. The first kappa shape index (κ1) is 42.7. The van der Waals surface area contributed by atoms with Gasteiger partial charge in [0.25, 0.3) is 17.7 Å². The number of nitrogen functional groups attached to an aromatic ring is 1. The number of aromatic nitrogens is 2. The Kier molecular flexibility index (Phi) is 13.4. The highest BCUT2D eigenvalue weighted by Gasteiger charge is 2.28. The van der Waals surface area contributed by atoms with Crippen molar-refractivity contribution in [3.8, 4) is 22.9 Å². The lowest BCUT2D eigenvalue weighted by Gasteiger charge is -2.22. The average Bonchev–Trinajstić information content (AvgIpc) is 3.93. The lowest BCUT2D eigenvalue weighted by atomic mass is 9.90. The quantitative estimate of drug-likeness (QED) is 0.0435. The van der Waals surface area contributed by atoms with Crippen molar-refractivity contribution in [3.63, 3.8) is 0 Å². The second-order valence-electron chi connectivity index (χ2n) is 14.2. The van der Waals surface area contributed by atoms with Crippen LogP contribution in [0.3, 0.4) is 0 Å². The summed E-state index contributed by atoms with van der Waals surface area (Å²) in [5.74, 6) is 3.84. The van der Waals surface area contributed by atoms with Crippen LogP contribution in [0.2, 0.25) is 10.0 Å². The molecule has 0 saturated carbocycles. The van der Waals surface area contributed by atoms with Crippen LogP contribution >= 0.6 is 23.2 Å². The monoisotopic (exact) mass is 827 g/mol. The molecule has 58 heavy (non-hydrogen) atoms. The summed E-state index contributed by atoms with van der Waals surface area (Å²) in [4.78, 5) is 49.1. The number of halogens is 4. The summed E-state index contributed by atoms with van der Waals surface area (Å²) in [6, 6.07) is 20.5. The third-order valence-corrected chi connectivity index (χ3v) is 9.55.